The molecule has 3 nitrogen and oxygen atoms in total. The molecule has 3 heteroatoms. The minimum atomic E-state index is 0.370. The van der Waals surface area contributed by atoms with Crippen LogP contribution in [-0.2, 0) is 0 Å². The second-order valence-corrected chi connectivity index (χ2v) is 9.34. The zero-order chi connectivity index (χ0) is 22.8. The van der Waals surface area contributed by atoms with Crippen LogP contribution in [0.4, 0.5) is 0 Å². The molecule has 4 aromatic rings. The highest BCUT2D eigenvalue weighted by Gasteiger charge is 2.27. The van der Waals surface area contributed by atoms with Gasteiger partial charge in [-0.3, -0.25) is 4.90 Å². The Hall–Kier alpha value is -2.75. The summed E-state index contributed by atoms with van der Waals surface area (Å²) in [4.78, 5) is 10.4. The molecule has 3 aromatic carbocycles. The van der Waals surface area contributed by atoms with Crippen molar-refractivity contribution in [3.8, 4) is 11.3 Å². The van der Waals surface area contributed by atoms with Crippen molar-refractivity contribution in [1.29, 1.82) is 0 Å². The largest absolute Gasteiger partial charge is 0.301 e. The average molecular weight is 438 g/mol. The first-order valence-corrected chi connectivity index (χ1v) is 12.5. The molecule has 1 atom stereocenters. The Labute approximate surface area is 198 Å². The summed E-state index contributed by atoms with van der Waals surface area (Å²) in [6.45, 7) is 11.6. The third kappa shape index (κ3) is 4.40. The summed E-state index contributed by atoms with van der Waals surface area (Å²) in [5.41, 5.74) is 4.74. The van der Waals surface area contributed by atoms with E-state index in [9.17, 15) is 0 Å². The maximum absolute atomic E-state index is 5.07. The van der Waals surface area contributed by atoms with Crippen LogP contribution in [0, 0.1) is 0 Å². The third-order valence-corrected chi connectivity index (χ3v) is 7.62. The highest BCUT2D eigenvalue weighted by atomic mass is 15.2. The zero-order valence-corrected chi connectivity index (χ0v) is 20.2. The number of pyridine rings is 1. The van der Waals surface area contributed by atoms with E-state index in [0.29, 0.717) is 6.04 Å². The van der Waals surface area contributed by atoms with Crippen LogP contribution in [0.5, 0.6) is 0 Å². The summed E-state index contributed by atoms with van der Waals surface area (Å²) in [6, 6.07) is 27.3. The molecule has 0 radical (unpaired) electrons. The van der Waals surface area contributed by atoms with Gasteiger partial charge in [0.15, 0.2) is 0 Å². The monoisotopic (exact) mass is 437 g/mol. The summed E-state index contributed by atoms with van der Waals surface area (Å²) in [6.07, 6.45) is 2.51. The maximum atomic E-state index is 5.07. The fourth-order valence-electron chi connectivity index (χ4n) is 5.62. The molecule has 0 amide bonds. The molecule has 1 unspecified atom stereocenters. The van der Waals surface area contributed by atoms with Gasteiger partial charge in [0.2, 0.25) is 0 Å². The number of hydrogen-bond donors (Lipinski definition) is 0. The highest BCUT2D eigenvalue weighted by Crippen LogP contribution is 2.34. The smallest absolute Gasteiger partial charge is 0.0713 e. The zero-order valence-electron chi connectivity index (χ0n) is 20.2. The average Bonchev–Trinajstić information content (AvgIpc) is 2.88. The molecule has 0 N–H and O–H groups in total. The van der Waals surface area contributed by atoms with Gasteiger partial charge in [0.25, 0.3) is 0 Å². The summed E-state index contributed by atoms with van der Waals surface area (Å²) in [7, 11) is 0. The molecule has 1 saturated heterocycles. The lowest BCUT2D eigenvalue weighted by atomic mass is 9.95. The first-order valence-electron chi connectivity index (χ1n) is 12.5. The molecule has 0 aliphatic carbocycles. The molecule has 1 aromatic heterocycles. The van der Waals surface area contributed by atoms with Gasteiger partial charge in [-0.1, -0.05) is 68.4 Å². The SMILES string of the molecule is CCN(CC)C1CCN(C(C)c2cc(-c3ccc4ccccc4c3)nc3ccccc23)CC1. The summed E-state index contributed by atoms with van der Waals surface area (Å²) >= 11 is 0. The van der Waals surface area contributed by atoms with Crippen LogP contribution in [0.25, 0.3) is 32.9 Å². The van der Waals surface area contributed by atoms with Crippen LogP contribution in [0.15, 0.2) is 72.8 Å². The van der Waals surface area contributed by atoms with Gasteiger partial charge < -0.3 is 4.90 Å². The predicted molar refractivity (Wildman–Crippen MR) is 141 cm³/mol. The first kappa shape index (κ1) is 22.1. The van der Waals surface area contributed by atoms with Gasteiger partial charge in [-0.2, -0.15) is 0 Å². The summed E-state index contributed by atoms with van der Waals surface area (Å²) in [5.74, 6) is 0. The van der Waals surface area contributed by atoms with Crippen molar-refractivity contribution in [2.45, 2.75) is 45.7 Å². The molecule has 1 fully saturated rings. The Morgan fingerprint density at radius 2 is 1.58 bits per heavy atom. The number of likely N-dealkylation sites (tertiary alicyclic amines) is 1. The van der Waals surface area contributed by atoms with Crippen LogP contribution in [-0.4, -0.2) is 47.0 Å². The number of aromatic nitrogens is 1. The maximum Gasteiger partial charge on any atom is 0.0713 e. The van der Waals surface area contributed by atoms with Crippen LogP contribution >= 0.6 is 0 Å². The molecular weight excluding hydrogens is 402 g/mol. The van der Waals surface area contributed by atoms with E-state index in [0.717, 1.165) is 43.4 Å². The van der Waals surface area contributed by atoms with Gasteiger partial charge in [-0.15, -0.1) is 0 Å². The van der Waals surface area contributed by atoms with E-state index in [-0.39, 0.29) is 0 Å². The van der Waals surface area contributed by atoms with Crippen molar-refractivity contribution in [2.75, 3.05) is 26.2 Å². The topological polar surface area (TPSA) is 19.4 Å². The molecule has 0 spiro atoms. The molecule has 0 bridgehead atoms. The summed E-state index contributed by atoms with van der Waals surface area (Å²) < 4.78 is 0. The van der Waals surface area contributed by atoms with Crippen molar-refractivity contribution in [1.82, 2.24) is 14.8 Å². The number of piperidine rings is 1. The minimum Gasteiger partial charge on any atom is -0.301 e. The molecule has 170 valence electrons. The Bertz CT molecular complexity index is 1240. The van der Waals surface area contributed by atoms with Crippen LogP contribution < -0.4 is 0 Å². The first-order chi connectivity index (χ1) is 16.2. The van der Waals surface area contributed by atoms with Crippen molar-refractivity contribution >= 4 is 21.7 Å². The fourth-order valence-corrected chi connectivity index (χ4v) is 5.62. The lowest BCUT2D eigenvalue weighted by molar-refractivity contribution is 0.0943. The predicted octanol–water partition coefficient (Wildman–Crippen LogP) is 6.92. The Morgan fingerprint density at radius 1 is 0.879 bits per heavy atom. The van der Waals surface area contributed by atoms with E-state index in [4.69, 9.17) is 4.98 Å². The lowest BCUT2D eigenvalue weighted by Gasteiger charge is -2.40. The number of benzene rings is 3. The minimum absolute atomic E-state index is 0.370. The molecule has 5 rings (SSSR count). The Morgan fingerprint density at radius 3 is 2.33 bits per heavy atom. The Balaban J connectivity index is 1.48. The normalized spacial score (nSPS) is 16.6. The van der Waals surface area contributed by atoms with Gasteiger partial charge in [0, 0.05) is 36.1 Å². The molecule has 1 aliphatic rings. The van der Waals surface area contributed by atoms with Gasteiger partial charge in [-0.25, -0.2) is 4.98 Å². The van der Waals surface area contributed by atoms with E-state index in [2.05, 4.69) is 103 Å². The number of rotatable bonds is 6. The van der Waals surface area contributed by atoms with Gasteiger partial charge in [0.1, 0.15) is 0 Å². The molecule has 0 saturated carbocycles. The van der Waals surface area contributed by atoms with Gasteiger partial charge in [0.05, 0.1) is 11.2 Å². The second-order valence-electron chi connectivity index (χ2n) is 9.34. The molecule has 2 heterocycles. The summed E-state index contributed by atoms with van der Waals surface area (Å²) in [5, 5.41) is 3.81. The number of hydrogen-bond acceptors (Lipinski definition) is 3. The van der Waals surface area contributed by atoms with Gasteiger partial charge in [-0.05, 0) is 67.4 Å². The van der Waals surface area contributed by atoms with Gasteiger partial charge >= 0.3 is 0 Å². The van der Waals surface area contributed by atoms with Crippen molar-refractivity contribution in [2.24, 2.45) is 0 Å². The second kappa shape index (κ2) is 9.62. The number of fused-ring (bicyclic) bond motifs is 2. The van der Waals surface area contributed by atoms with E-state index in [1.54, 1.807) is 0 Å². The third-order valence-electron chi connectivity index (χ3n) is 7.62. The van der Waals surface area contributed by atoms with Crippen molar-refractivity contribution < 1.29 is 0 Å². The van der Waals surface area contributed by atoms with Crippen molar-refractivity contribution in [3.63, 3.8) is 0 Å². The fraction of sp³-hybridized carbons (Fsp3) is 0.367. The quantitative estimate of drug-likeness (QED) is 0.326. The van der Waals surface area contributed by atoms with Crippen LogP contribution in [0.3, 0.4) is 0 Å². The number of nitrogens with zero attached hydrogens (tertiary/aromatic N) is 3. The van der Waals surface area contributed by atoms with Crippen molar-refractivity contribution in [3.05, 3.63) is 78.4 Å². The van der Waals surface area contributed by atoms with Crippen LogP contribution in [0.1, 0.15) is 45.2 Å². The lowest BCUT2D eigenvalue weighted by Crippen LogP contribution is -2.45. The molecule has 33 heavy (non-hydrogen) atoms. The van der Waals surface area contributed by atoms with E-state index >= 15 is 0 Å². The Kier molecular flexibility index (Phi) is 6.43. The highest BCUT2D eigenvalue weighted by molar-refractivity contribution is 5.89. The van der Waals surface area contributed by atoms with E-state index < -0.39 is 0 Å². The molecule has 1 aliphatic heterocycles. The molecular formula is C30H35N3. The standard InChI is InChI=1S/C30H35N3/c1-4-32(5-2)26-16-18-33(19-17-26)22(3)28-21-30(31-29-13-9-8-12-27(28)29)25-15-14-23-10-6-7-11-24(23)20-25/h6-15,20-22,26H,4-5,16-19H2,1-3H3. The van der Waals surface area contributed by atoms with E-state index in [1.165, 1.54) is 40.1 Å². The van der Waals surface area contributed by atoms with Crippen LogP contribution in [0.2, 0.25) is 0 Å². The number of para-hydroxylation sites is 1. The van der Waals surface area contributed by atoms with E-state index in [1.807, 2.05) is 0 Å².